The van der Waals surface area contributed by atoms with Gasteiger partial charge in [0, 0.05) is 18.0 Å². The first kappa shape index (κ1) is 20.4. The van der Waals surface area contributed by atoms with Gasteiger partial charge < -0.3 is 25.6 Å². The number of pyridine rings is 1. The van der Waals surface area contributed by atoms with Crippen molar-refractivity contribution in [3.63, 3.8) is 0 Å². The van der Waals surface area contributed by atoms with Gasteiger partial charge in [-0.1, -0.05) is 6.07 Å². The van der Waals surface area contributed by atoms with E-state index < -0.39 is 35.7 Å². The van der Waals surface area contributed by atoms with Crippen molar-refractivity contribution in [2.75, 3.05) is 7.11 Å². The van der Waals surface area contributed by atoms with Crippen molar-refractivity contribution in [1.82, 2.24) is 15.6 Å². The molecule has 1 aliphatic rings. The van der Waals surface area contributed by atoms with Gasteiger partial charge in [0.2, 0.25) is 5.72 Å². The van der Waals surface area contributed by atoms with Crippen LogP contribution in [-0.2, 0) is 0 Å². The number of benzene rings is 1. The quantitative estimate of drug-likeness (QED) is 0.571. The fraction of sp³-hybridized carbons (Fsp3) is 0.278. The number of ketones is 1. The molecule has 2 amide bonds. The average molecular weight is 411 g/mol. The summed E-state index contributed by atoms with van der Waals surface area (Å²) in [6, 6.07) is 3.22. The molecule has 0 aliphatic carbocycles. The molecule has 154 valence electrons. The van der Waals surface area contributed by atoms with Crippen molar-refractivity contribution in [3.8, 4) is 11.5 Å². The number of aromatic hydroxyl groups is 1. The number of urea groups is 1. The summed E-state index contributed by atoms with van der Waals surface area (Å²) >= 11 is 0. The number of alkyl halides is 3. The number of Topliss-reactive ketones (excluding diaryl/α,β-unsaturated/α-hetero) is 1. The molecule has 0 bridgehead atoms. The molecule has 0 saturated carbocycles. The summed E-state index contributed by atoms with van der Waals surface area (Å²) in [4.78, 5) is 28.7. The Kier molecular flexibility index (Phi) is 5.09. The van der Waals surface area contributed by atoms with Gasteiger partial charge in [-0.15, -0.1) is 0 Å². The smallest absolute Gasteiger partial charge is 0.437 e. The lowest BCUT2D eigenvalue weighted by molar-refractivity contribution is -0.287. The van der Waals surface area contributed by atoms with Crippen LogP contribution in [0, 0.1) is 5.92 Å². The van der Waals surface area contributed by atoms with Crippen LogP contribution < -0.4 is 15.4 Å². The molecule has 1 fully saturated rings. The molecule has 4 N–H and O–H groups in total. The number of nitrogens with zero attached hydrogens (tertiary/aromatic N) is 1. The highest BCUT2D eigenvalue weighted by Gasteiger charge is 2.66. The molecule has 1 aromatic carbocycles. The Balaban J connectivity index is 2.18. The molecule has 0 spiro atoms. The molecule has 0 unspecified atom stereocenters. The number of carbonyl (C=O) groups is 2. The predicted octanol–water partition coefficient (Wildman–Crippen LogP) is 1.90. The first-order chi connectivity index (χ1) is 13.6. The average Bonchev–Trinajstić information content (AvgIpc) is 2.67. The number of phenolic OH excluding ortho intramolecular Hbond substituents is 1. The number of nitrogens with one attached hydrogen (secondary N) is 2. The molecule has 1 aromatic heterocycles. The molecule has 8 nitrogen and oxygen atoms in total. The Hall–Kier alpha value is -3.34. The van der Waals surface area contributed by atoms with Crippen molar-refractivity contribution in [2.24, 2.45) is 5.92 Å². The molecular weight excluding hydrogens is 395 g/mol. The number of carbonyl (C=O) groups excluding carboxylic acids is 2. The van der Waals surface area contributed by atoms with Crippen LogP contribution in [0.2, 0.25) is 0 Å². The van der Waals surface area contributed by atoms with Crippen LogP contribution >= 0.6 is 0 Å². The van der Waals surface area contributed by atoms with Gasteiger partial charge in [-0.25, -0.2) is 4.79 Å². The SMILES string of the molecule is COc1cc([C@@H]2NC(=O)N[C@@](O)(C(F)(F)F)[C@H]2C(=O)c2cccnc2)ccc1O. The number of amides is 2. The summed E-state index contributed by atoms with van der Waals surface area (Å²) in [6.45, 7) is 0. The Morgan fingerprint density at radius 2 is 2.03 bits per heavy atom. The van der Waals surface area contributed by atoms with Crippen molar-refractivity contribution < 1.29 is 37.7 Å². The molecular formula is C18H16F3N3O5. The van der Waals surface area contributed by atoms with E-state index in [4.69, 9.17) is 4.74 Å². The van der Waals surface area contributed by atoms with Gasteiger partial charge in [-0.2, -0.15) is 13.2 Å². The van der Waals surface area contributed by atoms with E-state index in [-0.39, 0.29) is 22.6 Å². The maximum Gasteiger partial charge on any atom is 0.437 e. The number of halogens is 3. The normalized spacial score (nSPS) is 24.4. The van der Waals surface area contributed by atoms with Crippen molar-refractivity contribution in [3.05, 3.63) is 53.9 Å². The molecule has 29 heavy (non-hydrogen) atoms. The minimum absolute atomic E-state index is 0.0133. The molecule has 11 heteroatoms. The van der Waals surface area contributed by atoms with E-state index >= 15 is 0 Å². The highest BCUT2D eigenvalue weighted by Crippen LogP contribution is 2.44. The summed E-state index contributed by atoms with van der Waals surface area (Å²) in [5.41, 5.74) is -4.02. The van der Waals surface area contributed by atoms with Gasteiger partial charge in [0.1, 0.15) is 5.92 Å². The molecule has 3 rings (SSSR count). The van der Waals surface area contributed by atoms with Crippen LogP contribution in [0.3, 0.4) is 0 Å². The van der Waals surface area contributed by atoms with E-state index in [1.807, 2.05) is 0 Å². The molecule has 3 atom stereocenters. The number of aliphatic hydroxyl groups is 1. The number of hydrogen-bond donors (Lipinski definition) is 4. The highest BCUT2D eigenvalue weighted by molar-refractivity contribution is 6.00. The maximum absolute atomic E-state index is 13.8. The lowest BCUT2D eigenvalue weighted by atomic mass is 9.77. The predicted molar refractivity (Wildman–Crippen MR) is 92.1 cm³/mol. The topological polar surface area (TPSA) is 121 Å². The van der Waals surface area contributed by atoms with Crippen molar-refractivity contribution in [1.29, 1.82) is 0 Å². The highest BCUT2D eigenvalue weighted by atomic mass is 19.4. The monoisotopic (exact) mass is 411 g/mol. The number of methoxy groups -OCH3 is 1. The van der Waals surface area contributed by atoms with Crippen LogP contribution in [0.25, 0.3) is 0 Å². The van der Waals surface area contributed by atoms with Gasteiger partial charge in [-0.3, -0.25) is 9.78 Å². The van der Waals surface area contributed by atoms with E-state index in [0.717, 1.165) is 12.3 Å². The van der Waals surface area contributed by atoms with Gasteiger partial charge in [-0.05, 0) is 29.8 Å². The second kappa shape index (κ2) is 7.24. The molecule has 1 saturated heterocycles. The molecule has 1 aliphatic heterocycles. The second-order valence-corrected chi connectivity index (χ2v) is 6.36. The molecule has 2 heterocycles. The molecule has 2 aromatic rings. The van der Waals surface area contributed by atoms with Crippen LogP contribution in [-0.4, -0.2) is 46.0 Å². The zero-order valence-electron chi connectivity index (χ0n) is 14.9. The lowest BCUT2D eigenvalue weighted by Crippen LogP contribution is -2.72. The van der Waals surface area contributed by atoms with Gasteiger partial charge >= 0.3 is 12.2 Å². The fourth-order valence-electron chi connectivity index (χ4n) is 3.19. The fourth-order valence-corrected chi connectivity index (χ4v) is 3.19. The van der Waals surface area contributed by atoms with Gasteiger partial charge in [0.25, 0.3) is 0 Å². The zero-order chi connectivity index (χ0) is 21.4. The third-order valence-electron chi connectivity index (χ3n) is 4.60. The first-order valence-corrected chi connectivity index (χ1v) is 8.27. The van der Waals surface area contributed by atoms with Crippen LogP contribution in [0.4, 0.5) is 18.0 Å². The van der Waals surface area contributed by atoms with Gasteiger partial charge in [0.05, 0.1) is 13.2 Å². The third kappa shape index (κ3) is 3.56. The van der Waals surface area contributed by atoms with Crippen molar-refractivity contribution >= 4 is 11.8 Å². The summed E-state index contributed by atoms with van der Waals surface area (Å²) in [5.74, 6) is -3.67. The Bertz CT molecular complexity index is 938. The minimum Gasteiger partial charge on any atom is -0.504 e. The Labute approximate surface area is 162 Å². The Morgan fingerprint density at radius 1 is 1.31 bits per heavy atom. The van der Waals surface area contributed by atoms with Gasteiger partial charge in [0.15, 0.2) is 17.3 Å². The summed E-state index contributed by atoms with van der Waals surface area (Å²) in [7, 11) is 1.23. The summed E-state index contributed by atoms with van der Waals surface area (Å²) < 4.78 is 46.3. The van der Waals surface area contributed by atoms with Crippen LogP contribution in [0.15, 0.2) is 42.7 Å². The Morgan fingerprint density at radius 3 is 2.62 bits per heavy atom. The number of ether oxygens (including phenoxy) is 1. The largest absolute Gasteiger partial charge is 0.504 e. The first-order valence-electron chi connectivity index (χ1n) is 8.27. The van der Waals surface area contributed by atoms with E-state index in [1.54, 1.807) is 0 Å². The zero-order valence-corrected chi connectivity index (χ0v) is 14.9. The van der Waals surface area contributed by atoms with E-state index in [9.17, 15) is 33.0 Å². The second-order valence-electron chi connectivity index (χ2n) is 6.36. The lowest BCUT2D eigenvalue weighted by Gasteiger charge is -2.45. The van der Waals surface area contributed by atoms with E-state index in [0.29, 0.717) is 0 Å². The minimum atomic E-state index is -5.37. The number of phenols is 1. The number of hydrogen-bond acceptors (Lipinski definition) is 6. The standard InChI is InChI=1S/C18H16F3N3O5/c1-29-12-7-9(4-5-11(12)25)14-13(15(26)10-3-2-6-22-8-10)17(28,18(19,20)21)24-16(27)23-14/h2-8,13-14,25,28H,1H3,(H2,23,24,27)/t13-,14+,17+/m1/s1. The summed E-state index contributed by atoms with van der Waals surface area (Å²) in [5, 5.41) is 23.9. The van der Waals surface area contributed by atoms with E-state index in [2.05, 4.69) is 10.3 Å². The van der Waals surface area contributed by atoms with Crippen LogP contribution in [0.5, 0.6) is 11.5 Å². The number of aromatic nitrogens is 1. The third-order valence-corrected chi connectivity index (χ3v) is 4.60. The number of rotatable bonds is 4. The van der Waals surface area contributed by atoms with E-state index in [1.165, 1.54) is 42.9 Å². The summed E-state index contributed by atoms with van der Waals surface area (Å²) in [6.07, 6.45) is -2.98. The molecule has 0 radical (unpaired) electrons. The van der Waals surface area contributed by atoms with Crippen molar-refractivity contribution in [2.45, 2.75) is 17.9 Å². The maximum atomic E-state index is 13.8. The van der Waals surface area contributed by atoms with Crippen LogP contribution in [0.1, 0.15) is 22.0 Å².